The minimum atomic E-state index is -0.635. The highest BCUT2D eigenvalue weighted by atomic mass is 32.2. The van der Waals surface area contributed by atoms with Crippen molar-refractivity contribution in [2.24, 2.45) is 5.10 Å². The summed E-state index contributed by atoms with van der Waals surface area (Å²) >= 11 is 1.08. The Kier molecular flexibility index (Phi) is 6.23. The molecule has 2 rings (SSSR count). The van der Waals surface area contributed by atoms with Crippen LogP contribution in [0, 0.1) is 0 Å². The van der Waals surface area contributed by atoms with E-state index in [0.29, 0.717) is 17.2 Å². The third kappa shape index (κ3) is 5.11. The first-order valence-electron chi connectivity index (χ1n) is 7.26. The molecule has 0 bridgehead atoms. The second kappa shape index (κ2) is 8.38. The number of thioether (sulfide) groups is 1. The van der Waals surface area contributed by atoms with Gasteiger partial charge in [-0.25, -0.2) is 5.43 Å². The van der Waals surface area contributed by atoms with Crippen LogP contribution in [-0.4, -0.2) is 42.4 Å². The topological polar surface area (TPSA) is 118 Å². The Morgan fingerprint density at radius 1 is 1.32 bits per heavy atom. The molecule has 0 spiro atoms. The Balaban J connectivity index is 2.00. The fourth-order valence-corrected chi connectivity index (χ4v) is 2.93. The van der Waals surface area contributed by atoms with Crippen LogP contribution in [0.1, 0.15) is 13.3 Å². The molecule has 10 heteroatoms. The lowest BCUT2D eigenvalue weighted by Crippen LogP contribution is -2.29. The van der Waals surface area contributed by atoms with Crippen molar-refractivity contribution in [1.29, 1.82) is 0 Å². The lowest BCUT2D eigenvalue weighted by molar-refractivity contribution is -0.122. The number of carbonyl (C=O) groups is 3. The maximum Gasteiger partial charge on any atom is 0.240 e. The van der Waals surface area contributed by atoms with Crippen LogP contribution in [0.25, 0.3) is 0 Å². The summed E-state index contributed by atoms with van der Waals surface area (Å²) in [7, 11) is 3.01. The minimum Gasteiger partial charge on any atom is -0.497 e. The predicted molar refractivity (Wildman–Crippen MR) is 93.6 cm³/mol. The van der Waals surface area contributed by atoms with Gasteiger partial charge in [0.1, 0.15) is 16.7 Å². The van der Waals surface area contributed by atoms with E-state index in [1.54, 1.807) is 18.2 Å². The van der Waals surface area contributed by atoms with Crippen LogP contribution in [0.4, 0.5) is 5.69 Å². The van der Waals surface area contributed by atoms with Crippen LogP contribution in [0.2, 0.25) is 0 Å². The van der Waals surface area contributed by atoms with Gasteiger partial charge in [-0.3, -0.25) is 14.4 Å². The molecule has 1 atom stereocenters. The van der Waals surface area contributed by atoms with Crippen LogP contribution in [0.5, 0.6) is 11.5 Å². The third-order valence-electron chi connectivity index (χ3n) is 3.14. The molecule has 1 fully saturated rings. The van der Waals surface area contributed by atoms with E-state index >= 15 is 0 Å². The number of benzene rings is 1. The lowest BCUT2D eigenvalue weighted by Gasteiger charge is -2.12. The summed E-state index contributed by atoms with van der Waals surface area (Å²) in [5, 5.41) is 8.56. The smallest absolute Gasteiger partial charge is 0.240 e. The molecular weight excluding hydrogens is 348 g/mol. The standard InChI is InChI=1S/C15H18N4O5S/c1-8(20)18-19-15-17-14(22)12(25-15)7-13(21)16-10-6-9(23-2)4-5-11(10)24-3/h4-6,12H,7H2,1-3H3,(H,16,21)(H,18,20)(H,17,19,22)/t12-/m0/s1. The van der Waals surface area contributed by atoms with Crippen LogP contribution < -0.4 is 25.5 Å². The highest BCUT2D eigenvalue weighted by molar-refractivity contribution is 8.15. The largest absolute Gasteiger partial charge is 0.497 e. The van der Waals surface area contributed by atoms with E-state index in [-0.39, 0.29) is 29.3 Å². The summed E-state index contributed by atoms with van der Waals surface area (Å²) < 4.78 is 10.3. The van der Waals surface area contributed by atoms with Crippen molar-refractivity contribution in [2.75, 3.05) is 19.5 Å². The number of hydrogen-bond acceptors (Lipinski definition) is 7. The number of hydrogen-bond donors (Lipinski definition) is 3. The zero-order valence-corrected chi connectivity index (χ0v) is 14.7. The van der Waals surface area contributed by atoms with Crippen LogP contribution in [0.15, 0.2) is 23.3 Å². The molecule has 3 N–H and O–H groups in total. The predicted octanol–water partition coefficient (Wildman–Crippen LogP) is 0.671. The third-order valence-corrected chi connectivity index (χ3v) is 4.22. The van der Waals surface area contributed by atoms with Crippen molar-refractivity contribution < 1.29 is 23.9 Å². The Bertz CT molecular complexity index is 722. The number of hydrazone groups is 1. The maximum atomic E-state index is 12.2. The molecule has 0 saturated carbocycles. The highest BCUT2D eigenvalue weighted by Gasteiger charge is 2.32. The highest BCUT2D eigenvalue weighted by Crippen LogP contribution is 2.30. The van der Waals surface area contributed by atoms with Gasteiger partial charge in [-0.2, -0.15) is 0 Å². The second-order valence-corrected chi connectivity index (χ2v) is 6.19. The number of ether oxygens (including phenoxy) is 2. The quantitative estimate of drug-likeness (QED) is 0.637. The number of rotatable bonds is 6. The van der Waals surface area contributed by atoms with Crippen LogP contribution >= 0.6 is 11.8 Å². The molecule has 0 radical (unpaired) electrons. The normalized spacial score (nSPS) is 17.8. The number of methoxy groups -OCH3 is 2. The minimum absolute atomic E-state index is 0.0596. The van der Waals surface area contributed by atoms with Gasteiger partial charge in [0.25, 0.3) is 0 Å². The first-order chi connectivity index (χ1) is 11.9. The fourth-order valence-electron chi connectivity index (χ4n) is 2.00. The fraction of sp³-hybridized carbons (Fsp3) is 0.333. The molecular formula is C15H18N4O5S. The average molecular weight is 366 g/mol. The summed E-state index contributed by atoms with van der Waals surface area (Å²) in [6.45, 7) is 1.30. The van der Waals surface area contributed by atoms with E-state index < -0.39 is 5.25 Å². The van der Waals surface area contributed by atoms with E-state index in [1.807, 2.05) is 0 Å². The molecule has 134 valence electrons. The maximum absolute atomic E-state index is 12.2. The number of anilines is 1. The molecule has 3 amide bonds. The molecule has 1 aromatic carbocycles. The summed E-state index contributed by atoms with van der Waals surface area (Å²) in [5.74, 6) is -0.0186. The number of nitrogens with one attached hydrogen (secondary N) is 3. The van der Waals surface area contributed by atoms with Gasteiger partial charge in [0.2, 0.25) is 17.7 Å². The van der Waals surface area contributed by atoms with E-state index in [2.05, 4.69) is 21.2 Å². The zero-order chi connectivity index (χ0) is 18.4. The molecule has 1 aliphatic heterocycles. The number of amidine groups is 1. The van der Waals surface area contributed by atoms with Gasteiger partial charge >= 0.3 is 0 Å². The van der Waals surface area contributed by atoms with Gasteiger partial charge in [0, 0.05) is 19.4 Å². The average Bonchev–Trinajstić information content (AvgIpc) is 2.92. The van der Waals surface area contributed by atoms with E-state index in [4.69, 9.17) is 9.47 Å². The number of carbonyl (C=O) groups excluding carboxylic acids is 3. The molecule has 9 nitrogen and oxygen atoms in total. The van der Waals surface area contributed by atoms with Crippen molar-refractivity contribution in [3.05, 3.63) is 18.2 Å². The molecule has 1 saturated heterocycles. The Morgan fingerprint density at radius 3 is 2.72 bits per heavy atom. The SMILES string of the molecule is COc1ccc(OC)c(NC(=O)C[C@@H]2S/C(=N/NC(C)=O)NC2=O)c1. The van der Waals surface area contributed by atoms with E-state index in [1.165, 1.54) is 21.1 Å². The molecule has 1 aliphatic rings. The van der Waals surface area contributed by atoms with E-state index in [0.717, 1.165) is 11.8 Å². The number of nitrogens with zero attached hydrogens (tertiary/aromatic N) is 1. The molecule has 0 aliphatic carbocycles. The Hall–Kier alpha value is -2.75. The van der Waals surface area contributed by atoms with Crippen LogP contribution in [-0.2, 0) is 14.4 Å². The van der Waals surface area contributed by atoms with Gasteiger partial charge in [0.05, 0.1) is 19.9 Å². The zero-order valence-electron chi connectivity index (χ0n) is 13.9. The van der Waals surface area contributed by atoms with Crippen molar-refractivity contribution >= 4 is 40.3 Å². The monoisotopic (exact) mass is 366 g/mol. The van der Waals surface area contributed by atoms with Gasteiger partial charge in [0.15, 0.2) is 5.17 Å². The lowest BCUT2D eigenvalue weighted by atomic mass is 10.2. The van der Waals surface area contributed by atoms with Crippen molar-refractivity contribution in [1.82, 2.24) is 10.7 Å². The Morgan fingerprint density at radius 2 is 2.08 bits per heavy atom. The van der Waals surface area contributed by atoms with Gasteiger partial charge in [-0.1, -0.05) is 11.8 Å². The molecule has 0 unspecified atom stereocenters. The Labute approximate surface area is 148 Å². The van der Waals surface area contributed by atoms with Gasteiger partial charge < -0.3 is 20.1 Å². The van der Waals surface area contributed by atoms with E-state index in [9.17, 15) is 14.4 Å². The molecule has 25 heavy (non-hydrogen) atoms. The summed E-state index contributed by atoms with van der Waals surface area (Å²) in [5.41, 5.74) is 2.68. The number of amides is 3. The summed E-state index contributed by atoms with van der Waals surface area (Å²) in [6, 6.07) is 5.01. The molecule has 1 heterocycles. The summed E-state index contributed by atoms with van der Waals surface area (Å²) in [6.07, 6.45) is -0.0596. The summed E-state index contributed by atoms with van der Waals surface area (Å²) in [4.78, 5) is 35.0. The van der Waals surface area contributed by atoms with Crippen molar-refractivity contribution in [3.63, 3.8) is 0 Å². The second-order valence-electron chi connectivity index (χ2n) is 5.00. The van der Waals surface area contributed by atoms with Gasteiger partial charge in [-0.15, -0.1) is 5.10 Å². The van der Waals surface area contributed by atoms with Crippen molar-refractivity contribution in [2.45, 2.75) is 18.6 Å². The van der Waals surface area contributed by atoms with Crippen molar-refractivity contribution in [3.8, 4) is 11.5 Å². The van der Waals surface area contributed by atoms with Crippen LogP contribution in [0.3, 0.4) is 0 Å². The first kappa shape index (κ1) is 18.6. The molecule has 0 aromatic heterocycles. The van der Waals surface area contributed by atoms with Gasteiger partial charge in [-0.05, 0) is 12.1 Å². The first-order valence-corrected chi connectivity index (χ1v) is 8.14. The molecule has 1 aromatic rings.